The molecule has 5 heteroatoms. The van der Waals surface area contributed by atoms with Gasteiger partial charge in [-0.1, -0.05) is 36.4 Å². The number of nitrogens with zero attached hydrogens (tertiary/aromatic N) is 2. The molecule has 112 valence electrons. The highest BCUT2D eigenvalue weighted by molar-refractivity contribution is 14.0. The maximum Gasteiger partial charge on any atom is 0.189 e. The van der Waals surface area contributed by atoms with Gasteiger partial charge in [0.05, 0.1) is 6.54 Å². The second-order valence-electron chi connectivity index (χ2n) is 5.02. The fourth-order valence-corrected chi connectivity index (χ4v) is 1.67. The van der Waals surface area contributed by atoms with Crippen LogP contribution in [-0.2, 0) is 13.1 Å². The molecule has 0 atom stereocenters. The zero-order valence-electron chi connectivity index (χ0n) is 12.5. The highest BCUT2D eigenvalue weighted by atomic mass is 127. The normalized spacial score (nSPS) is 11.1. The molecular formula is C15H25IN4. The fraction of sp³-hybridized carbons (Fsp3) is 0.400. The number of rotatable bonds is 6. The molecule has 0 amide bonds. The van der Waals surface area contributed by atoms with Gasteiger partial charge in [0, 0.05) is 13.1 Å². The minimum atomic E-state index is 0. The van der Waals surface area contributed by atoms with Gasteiger partial charge in [0.2, 0.25) is 0 Å². The van der Waals surface area contributed by atoms with Crippen LogP contribution in [0.5, 0.6) is 0 Å². The van der Waals surface area contributed by atoms with Crippen molar-refractivity contribution in [1.29, 1.82) is 0 Å². The molecule has 0 fully saturated rings. The smallest absolute Gasteiger partial charge is 0.189 e. The number of hydrogen-bond acceptors (Lipinski definition) is 2. The molecule has 0 unspecified atom stereocenters. The van der Waals surface area contributed by atoms with E-state index < -0.39 is 0 Å². The maximum atomic E-state index is 5.81. The molecule has 0 heterocycles. The van der Waals surface area contributed by atoms with E-state index in [0.717, 1.165) is 12.1 Å². The number of nitrogens with one attached hydrogen (secondary N) is 1. The Kier molecular flexibility index (Phi) is 9.24. The monoisotopic (exact) mass is 388 g/mol. The third-order valence-electron chi connectivity index (χ3n) is 2.60. The molecule has 1 aromatic carbocycles. The van der Waals surface area contributed by atoms with Crippen LogP contribution in [0.25, 0.3) is 0 Å². The summed E-state index contributed by atoms with van der Waals surface area (Å²) in [5.41, 5.74) is 9.33. The number of hydrogen-bond donors (Lipinski definition) is 2. The van der Waals surface area contributed by atoms with E-state index in [-0.39, 0.29) is 24.0 Å². The van der Waals surface area contributed by atoms with Gasteiger partial charge in [-0.15, -0.1) is 24.0 Å². The molecule has 20 heavy (non-hydrogen) atoms. The SMILES string of the molecule is C=C(C)CNC(N)=NCc1ccccc1CN(C)C.I. The van der Waals surface area contributed by atoms with Gasteiger partial charge in [0.25, 0.3) is 0 Å². The standard InChI is InChI=1S/C15H24N4.HI/c1-12(2)9-17-15(16)18-10-13-7-5-6-8-14(13)11-19(3)4;/h5-8H,1,9-11H2,2-4H3,(H3,16,17,18);1H. The van der Waals surface area contributed by atoms with Crippen LogP contribution in [0.3, 0.4) is 0 Å². The topological polar surface area (TPSA) is 53.6 Å². The lowest BCUT2D eigenvalue weighted by Gasteiger charge is -2.13. The van der Waals surface area contributed by atoms with E-state index in [2.05, 4.69) is 54.1 Å². The zero-order chi connectivity index (χ0) is 14.3. The lowest BCUT2D eigenvalue weighted by atomic mass is 10.1. The number of benzene rings is 1. The summed E-state index contributed by atoms with van der Waals surface area (Å²) < 4.78 is 0. The van der Waals surface area contributed by atoms with Crippen LogP contribution in [0.1, 0.15) is 18.1 Å². The lowest BCUT2D eigenvalue weighted by Crippen LogP contribution is -2.32. The molecule has 1 aromatic rings. The van der Waals surface area contributed by atoms with Crippen LogP contribution in [0.15, 0.2) is 41.4 Å². The van der Waals surface area contributed by atoms with Crippen LogP contribution in [0.4, 0.5) is 0 Å². The fourth-order valence-electron chi connectivity index (χ4n) is 1.67. The first-order chi connectivity index (χ1) is 8.99. The molecule has 0 spiro atoms. The van der Waals surface area contributed by atoms with Crippen molar-refractivity contribution in [3.8, 4) is 0 Å². The summed E-state index contributed by atoms with van der Waals surface area (Å²) in [7, 11) is 4.12. The van der Waals surface area contributed by atoms with Crippen molar-refractivity contribution in [3.63, 3.8) is 0 Å². The molecule has 0 aromatic heterocycles. The van der Waals surface area contributed by atoms with E-state index in [1.165, 1.54) is 11.1 Å². The van der Waals surface area contributed by atoms with Crippen molar-refractivity contribution in [2.24, 2.45) is 10.7 Å². The van der Waals surface area contributed by atoms with Gasteiger partial charge in [0.15, 0.2) is 5.96 Å². The Bertz CT molecular complexity index is 455. The Morgan fingerprint density at radius 1 is 1.30 bits per heavy atom. The maximum absolute atomic E-state index is 5.81. The van der Waals surface area contributed by atoms with Crippen molar-refractivity contribution in [3.05, 3.63) is 47.5 Å². The highest BCUT2D eigenvalue weighted by Gasteiger charge is 2.02. The molecule has 0 aliphatic carbocycles. The second-order valence-corrected chi connectivity index (χ2v) is 5.02. The Hall–Kier alpha value is -1.08. The van der Waals surface area contributed by atoms with Crippen LogP contribution in [0, 0.1) is 0 Å². The summed E-state index contributed by atoms with van der Waals surface area (Å²) in [4.78, 5) is 6.50. The van der Waals surface area contributed by atoms with Gasteiger partial charge in [0.1, 0.15) is 0 Å². The molecule has 0 bridgehead atoms. The van der Waals surface area contributed by atoms with E-state index in [4.69, 9.17) is 5.73 Å². The molecule has 3 N–H and O–H groups in total. The summed E-state index contributed by atoms with van der Waals surface area (Å²) in [6, 6.07) is 8.30. The predicted octanol–water partition coefficient (Wildman–Crippen LogP) is 2.35. The third-order valence-corrected chi connectivity index (χ3v) is 2.60. The Labute approximate surface area is 139 Å². The highest BCUT2D eigenvalue weighted by Crippen LogP contribution is 2.11. The largest absolute Gasteiger partial charge is 0.370 e. The number of halogens is 1. The minimum Gasteiger partial charge on any atom is -0.370 e. The van der Waals surface area contributed by atoms with Gasteiger partial charge < -0.3 is 16.0 Å². The quantitative estimate of drug-likeness (QED) is 0.341. The van der Waals surface area contributed by atoms with Gasteiger partial charge in [-0.05, 0) is 32.1 Å². The van der Waals surface area contributed by atoms with Crippen LogP contribution >= 0.6 is 24.0 Å². The number of aliphatic imine (C=N–C) groups is 1. The number of nitrogens with two attached hydrogens (primary N) is 1. The zero-order valence-corrected chi connectivity index (χ0v) is 14.8. The summed E-state index contributed by atoms with van der Waals surface area (Å²) >= 11 is 0. The Balaban J connectivity index is 0.00000361. The molecule has 0 radical (unpaired) electrons. The average Bonchev–Trinajstić information content (AvgIpc) is 2.34. The number of guanidine groups is 1. The van der Waals surface area contributed by atoms with E-state index in [1.807, 2.05) is 13.0 Å². The van der Waals surface area contributed by atoms with Crippen LogP contribution in [0.2, 0.25) is 0 Å². The third kappa shape index (κ3) is 7.49. The van der Waals surface area contributed by atoms with E-state index in [9.17, 15) is 0 Å². The van der Waals surface area contributed by atoms with Gasteiger partial charge in [-0.3, -0.25) is 0 Å². The summed E-state index contributed by atoms with van der Waals surface area (Å²) in [6.45, 7) is 7.93. The molecular weight excluding hydrogens is 363 g/mol. The molecule has 0 aliphatic rings. The van der Waals surface area contributed by atoms with Crippen molar-refractivity contribution < 1.29 is 0 Å². The Morgan fingerprint density at radius 3 is 2.45 bits per heavy atom. The summed E-state index contributed by atoms with van der Waals surface area (Å²) in [6.07, 6.45) is 0. The molecule has 1 rings (SSSR count). The lowest BCUT2D eigenvalue weighted by molar-refractivity contribution is 0.401. The molecule has 0 aliphatic heterocycles. The first kappa shape index (κ1) is 18.9. The van der Waals surface area contributed by atoms with E-state index in [0.29, 0.717) is 19.0 Å². The van der Waals surface area contributed by atoms with Crippen molar-refractivity contribution in [1.82, 2.24) is 10.2 Å². The molecule has 0 saturated carbocycles. The van der Waals surface area contributed by atoms with Crippen molar-refractivity contribution in [2.75, 3.05) is 20.6 Å². The average molecular weight is 388 g/mol. The summed E-state index contributed by atoms with van der Waals surface area (Å²) in [5.74, 6) is 0.461. The predicted molar refractivity (Wildman–Crippen MR) is 97.4 cm³/mol. The second kappa shape index (κ2) is 9.77. The first-order valence-electron chi connectivity index (χ1n) is 6.38. The first-order valence-corrected chi connectivity index (χ1v) is 6.38. The van der Waals surface area contributed by atoms with Gasteiger partial charge in [-0.25, -0.2) is 4.99 Å². The van der Waals surface area contributed by atoms with E-state index >= 15 is 0 Å². The van der Waals surface area contributed by atoms with Gasteiger partial charge >= 0.3 is 0 Å². The van der Waals surface area contributed by atoms with Crippen LogP contribution in [-0.4, -0.2) is 31.5 Å². The molecule has 4 nitrogen and oxygen atoms in total. The van der Waals surface area contributed by atoms with Crippen molar-refractivity contribution in [2.45, 2.75) is 20.0 Å². The Morgan fingerprint density at radius 2 is 1.90 bits per heavy atom. The van der Waals surface area contributed by atoms with Crippen LogP contribution < -0.4 is 11.1 Å². The molecule has 0 saturated heterocycles. The minimum absolute atomic E-state index is 0. The van der Waals surface area contributed by atoms with Gasteiger partial charge in [-0.2, -0.15) is 0 Å². The van der Waals surface area contributed by atoms with Crippen molar-refractivity contribution >= 4 is 29.9 Å². The summed E-state index contributed by atoms with van der Waals surface area (Å²) in [5, 5.41) is 3.03. The van der Waals surface area contributed by atoms with E-state index in [1.54, 1.807) is 0 Å².